The third kappa shape index (κ3) is 3.84. The molecule has 0 radical (unpaired) electrons. The SMILES string of the molecule is CC(O)c1ccc[n+](Cc2ccccc2)c1.[Cl-]. The van der Waals surface area contributed by atoms with Gasteiger partial charge in [-0.2, -0.15) is 0 Å². The van der Waals surface area contributed by atoms with E-state index in [1.165, 1.54) is 5.56 Å². The third-order valence-corrected chi connectivity index (χ3v) is 2.57. The van der Waals surface area contributed by atoms with Crippen molar-refractivity contribution in [2.45, 2.75) is 19.6 Å². The molecule has 0 spiro atoms. The molecule has 2 nitrogen and oxygen atoms in total. The highest BCUT2D eigenvalue weighted by Gasteiger charge is 2.07. The second kappa shape index (κ2) is 6.38. The average Bonchev–Trinajstić information content (AvgIpc) is 2.30. The lowest BCUT2D eigenvalue weighted by Gasteiger charge is -2.03. The summed E-state index contributed by atoms with van der Waals surface area (Å²) in [6.07, 6.45) is 3.58. The lowest BCUT2D eigenvalue weighted by molar-refractivity contribution is -0.688. The Morgan fingerprint density at radius 1 is 1.12 bits per heavy atom. The summed E-state index contributed by atoms with van der Waals surface area (Å²) in [5, 5.41) is 9.50. The number of aromatic nitrogens is 1. The van der Waals surface area contributed by atoms with Crippen molar-refractivity contribution in [3.05, 3.63) is 66.0 Å². The maximum absolute atomic E-state index is 9.50. The highest BCUT2D eigenvalue weighted by atomic mass is 35.5. The number of benzene rings is 1. The van der Waals surface area contributed by atoms with Crippen LogP contribution in [0.3, 0.4) is 0 Å². The van der Waals surface area contributed by atoms with Crippen molar-refractivity contribution >= 4 is 0 Å². The third-order valence-electron chi connectivity index (χ3n) is 2.57. The minimum Gasteiger partial charge on any atom is -1.00 e. The van der Waals surface area contributed by atoms with Gasteiger partial charge in [0.2, 0.25) is 0 Å². The monoisotopic (exact) mass is 249 g/mol. The Morgan fingerprint density at radius 2 is 1.82 bits per heavy atom. The molecule has 2 rings (SSSR count). The van der Waals surface area contributed by atoms with Crippen molar-refractivity contribution in [2.75, 3.05) is 0 Å². The van der Waals surface area contributed by atoms with Crippen molar-refractivity contribution in [3.63, 3.8) is 0 Å². The summed E-state index contributed by atoms with van der Waals surface area (Å²) < 4.78 is 2.08. The predicted octanol–water partition coefficient (Wildman–Crippen LogP) is -0.920. The van der Waals surface area contributed by atoms with E-state index in [1.54, 1.807) is 6.92 Å². The molecule has 1 N–H and O–H groups in total. The van der Waals surface area contributed by atoms with Gasteiger partial charge in [-0.25, -0.2) is 4.57 Å². The van der Waals surface area contributed by atoms with Crippen LogP contribution in [-0.4, -0.2) is 5.11 Å². The van der Waals surface area contributed by atoms with Crippen LogP contribution in [0.4, 0.5) is 0 Å². The zero-order chi connectivity index (χ0) is 11.4. The summed E-state index contributed by atoms with van der Waals surface area (Å²) in [4.78, 5) is 0. The molecule has 0 aliphatic carbocycles. The van der Waals surface area contributed by atoms with Gasteiger partial charge in [-0.1, -0.05) is 30.3 Å². The quantitative estimate of drug-likeness (QED) is 0.699. The van der Waals surface area contributed by atoms with Crippen LogP contribution in [0.1, 0.15) is 24.2 Å². The highest BCUT2D eigenvalue weighted by molar-refractivity contribution is 5.13. The van der Waals surface area contributed by atoms with Crippen molar-refractivity contribution in [1.82, 2.24) is 0 Å². The van der Waals surface area contributed by atoms with Crippen LogP contribution in [0.15, 0.2) is 54.9 Å². The Hall–Kier alpha value is -1.38. The fourth-order valence-electron chi connectivity index (χ4n) is 1.68. The van der Waals surface area contributed by atoms with Crippen molar-refractivity contribution in [1.29, 1.82) is 0 Å². The molecule has 1 aromatic heterocycles. The van der Waals surface area contributed by atoms with Gasteiger partial charge >= 0.3 is 0 Å². The molecule has 1 unspecified atom stereocenters. The summed E-state index contributed by atoms with van der Waals surface area (Å²) in [6, 6.07) is 14.2. The number of hydrogen-bond donors (Lipinski definition) is 1. The van der Waals surface area contributed by atoms with E-state index in [0.717, 1.165) is 12.1 Å². The summed E-state index contributed by atoms with van der Waals surface area (Å²) in [5.74, 6) is 0. The Labute approximate surface area is 108 Å². The van der Waals surface area contributed by atoms with Gasteiger partial charge in [-0.15, -0.1) is 0 Å². The van der Waals surface area contributed by atoms with Gasteiger partial charge in [-0.05, 0) is 13.0 Å². The Balaban J connectivity index is 0.00000144. The number of aliphatic hydroxyl groups is 1. The lowest BCUT2D eigenvalue weighted by atomic mass is 10.2. The molecule has 1 atom stereocenters. The van der Waals surface area contributed by atoms with Gasteiger partial charge in [0.25, 0.3) is 0 Å². The first-order valence-corrected chi connectivity index (χ1v) is 5.47. The van der Waals surface area contributed by atoms with Crippen LogP contribution < -0.4 is 17.0 Å². The van der Waals surface area contributed by atoms with E-state index in [1.807, 2.05) is 42.7 Å². The zero-order valence-electron chi connectivity index (χ0n) is 9.75. The normalized spacial score (nSPS) is 11.6. The van der Waals surface area contributed by atoms with E-state index in [-0.39, 0.29) is 12.4 Å². The first-order chi connectivity index (χ1) is 7.75. The fraction of sp³-hybridized carbons (Fsp3) is 0.214. The van der Waals surface area contributed by atoms with Crippen molar-refractivity contribution in [2.24, 2.45) is 0 Å². The minimum absolute atomic E-state index is 0. The van der Waals surface area contributed by atoms with E-state index in [0.29, 0.717) is 0 Å². The molecule has 0 saturated heterocycles. The van der Waals surface area contributed by atoms with Gasteiger partial charge in [0.15, 0.2) is 18.9 Å². The molecule has 0 saturated carbocycles. The maximum Gasteiger partial charge on any atom is 0.174 e. The largest absolute Gasteiger partial charge is 1.00 e. The lowest BCUT2D eigenvalue weighted by Crippen LogP contribution is -3.00. The Morgan fingerprint density at radius 3 is 2.47 bits per heavy atom. The molecule has 17 heavy (non-hydrogen) atoms. The van der Waals surface area contributed by atoms with Crippen LogP contribution in [0.2, 0.25) is 0 Å². The van der Waals surface area contributed by atoms with Gasteiger partial charge in [0, 0.05) is 17.2 Å². The van der Waals surface area contributed by atoms with E-state index < -0.39 is 6.10 Å². The summed E-state index contributed by atoms with van der Waals surface area (Å²) >= 11 is 0. The fourth-order valence-corrected chi connectivity index (χ4v) is 1.68. The maximum atomic E-state index is 9.50. The number of halogens is 1. The zero-order valence-corrected chi connectivity index (χ0v) is 10.5. The highest BCUT2D eigenvalue weighted by Crippen LogP contribution is 2.08. The predicted molar refractivity (Wildman–Crippen MR) is 62.8 cm³/mol. The van der Waals surface area contributed by atoms with E-state index in [9.17, 15) is 5.11 Å². The van der Waals surface area contributed by atoms with E-state index in [4.69, 9.17) is 0 Å². The molecule has 0 aliphatic heterocycles. The van der Waals surface area contributed by atoms with Crippen LogP contribution >= 0.6 is 0 Å². The summed E-state index contributed by atoms with van der Waals surface area (Å²) in [7, 11) is 0. The van der Waals surface area contributed by atoms with Gasteiger partial charge in [0.1, 0.15) is 0 Å². The van der Waals surface area contributed by atoms with Crippen LogP contribution in [0.5, 0.6) is 0 Å². The van der Waals surface area contributed by atoms with Crippen LogP contribution in [-0.2, 0) is 6.54 Å². The second-order valence-electron chi connectivity index (χ2n) is 3.97. The second-order valence-corrected chi connectivity index (χ2v) is 3.97. The summed E-state index contributed by atoms with van der Waals surface area (Å²) in [5.41, 5.74) is 2.20. The molecule has 0 fully saturated rings. The van der Waals surface area contributed by atoms with Crippen LogP contribution in [0.25, 0.3) is 0 Å². The summed E-state index contributed by atoms with van der Waals surface area (Å²) in [6.45, 7) is 2.61. The number of pyridine rings is 1. The number of nitrogens with zero attached hydrogens (tertiary/aromatic N) is 1. The topological polar surface area (TPSA) is 24.1 Å². The van der Waals surface area contributed by atoms with Crippen LogP contribution in [0, 0.1) is 0 Å². The first-order valence-electron chi connectivity index (χ1n) is 5.47. The van der Waals surface area contributed by atoms with Crippen molar-refractivity contribution < 1.29 is 22.1 Å². The van der Waals surface area contributed by atoms with Gasteiger partial charge in [0.05, 0.1) is 6.10 Å². The number of aliphatic hydroxyl groups excluding tert-OH is 1. The smallest absolute Gasteiger partial charge is 0.174 e. The minimum atomic E-state index is -0.414. The molecule has 90 valence electrons. The molecule has 1 heterocycles. The van der Waals surface area contributed by atoms with E-state index in [2.05, 4.69) is 16.7 Å². The molecule has 1 aromatic carbocycles. The molecule has 0 amide bonds. The molecular formula is C14H16ClNO. The number of hydrogen-bond acceptors (Lipinski definition) is 1. The molecule has 0 bridgehead atoms. The van der Waals surface area contributed by atoms with Crippen molar-refractivity contribution in [3.8, 4) is 0 Å². The molecule has 2 aromatic rings. The Kier molecular flexibility index (Phi) is 5.13. The molecule has 0 aliphatic rings. The average molecular weight is 250 g/mol. The van der Waals surface area contributed by atoms with Gasteiger partial charge in [-0.3, -0.25) is 0 Å². The molecule has 3 heteroatoms. The van der Waals surface area contributed by atoms with Gasteiger partial charge < -0.3 is 17.5 Å². The first kappa shape index (κ1) is 13.7. The molecular weight excluding hydrogens is 234 g/mol. The number of rotatable bonds is 3. The standard InChI is InChI=1S/C14H16NO.ClH/c1-12(16)14-8-5-9-15(11-14)10-13-6-3-2-4-7-13;/h2-9,11-12,16H,10H2,1H3;1H/q+1;/p-1. The Bertz CT molecular complexity index is 457. The van der Waals surface area contributed by atoms with E-state index >= 15 is 0 Å².